The molecule has 1 amide bonds. The van der Waals surface area contributed by atoms with Crippen LogP contribution in [0.5, 0.6) is 11.5 Å². The number of phenols is 1. The zero-order valence-corrected chi connectivity index (χ0v) is 16.0. The van der Waals surface area contributed by atoms with Crippen LogP contribution in [0.3, 0.4) is 0 Å². The van der Waals surface area contributed by atoms with E-state index in [-0.39, 0.29) is 30.1 Å². The summed E-state index contributed by atoms with van der Waals surface area (Å²) in [4.78, 5) is 19.6. The number of aromatic nitrogens is 2. The Morgan fingerprint density at radius 2 is 1.89 bits per heavy atom. The molecule has 1 unspecified atom stereocenters. The Morgan fingerprint density at radius 3 is 2.52 bits per heavy atom. The van der Waals surface area contributed by atoms with Crippen molar-refractivity contribution in [2.45, 2.75) is 19.9 Å². The Balaban J connectivity index is 0.00000261. The number of fused-ring (bicyclic) bond motifs is 1. The average molecular weight is 389 g/mol. The molecular formula is C19H21ClN4O3. The molecule has 3 rings (SSSR count). The van der Waals surface area contributed by atoms with E-state index in [2.05, 4.69) is 20.6 Å². The van der Waals surface area contributed by atoms with E-state index in [0.717, 1.165) is 11.3 Å². The van der Waals surface area contributed by atoms with Crippen LogP contribution in [-0.2, 0) is 4.79 Å². The lowest BCUT2D eigenvalue weighted by molar-refractivity contribution is -0.119. The summed E-state index contributed by atoms with van der Waals surface area (Å²) in [6.07, 6.45) is 1.45. The van der Waals surface area contributed by atoms with Gasteiger partial charge in [0.15, 0.2) is 11.5 Å². The Morgan fingerprint density at radius 1 is 1.19 bits per heavy atom. The normalized spacial score (nSPS) is 11.4. The van der Waals surface area contributed by atoms with Crippen LogP contribution in [0.1, 0.15) is 25.5 Å². The van der Waals surface area contributed by atoms with Crippen molar-refractivity contribution in [3.05, 3.63) is 48.3 Å². The Bertz CT molecular complexity index is 948. The number of carbonyl (C=O) groups is 1. The molecule has 1 heterocycles. The minimum absolute atomic E-state index is 0. The number of nitrogens with one attached hydrogen (secondary N) is 2. The quantitative estimate of drug-likeness (QED) is 0.616. The van der Waals surface area contributed by atoms with E-state index in [0.29, 0.717) is 22.5 Å². The zero-order chi connectivity index (χ0) is 18.7. The summed E-state index contributed by atoms with van der Waals surface area (Å²) in [6, 6.07) is 10.9. The Hall–Kier alpha value is -3.06. The van der Waals surface area contributed by atoms with E-state index in [4.69, 9.17) is 4.74 Å². The minimum atomic E-state index is -0.0672. The number of benzene rings is 2. The SMILES string of the molecule is COc1cc2ncnc(Nc3ccc(C(C)NC(C)=O)cc3)c2cc1O.Cl. The summed E-state index contributed by atoms with van der Waals surface area (Å²) in [5.41, 5.74) is 2.49. The van der Waals surface area contributed by atoms with E-state index < -0.39 is 0 Å². The summed E-state index contributed by atoms with van der Waals surface area (Å²) >= 11 is 0. The molecule has 0 radical (unpaired) electrons. The van der Waals surface area contributed by atoms with E-state index in [9.17, 15) is 9.90 Å². The molecule has 142 valence electrons. The molecule has 0 fully saturated rings. The van der Waals surface area contributed by atoms with Gasteiger partial charge in [0.25, 0.3) is 0 Å². The van der Waals surface area contributed by atoms with Gasteiger partial charge < -0.3 is 20.5 Å². The fraction of sp³-hybridized carbons (Fsp3) is 0.211. The highest BCUT2D eigenvalue weighted by molar-refractivity contribution is 5.92. The van der Waals surface area contributed by atoms with Crippen LogP contribution in [-0.4, -0.2) is 28.1 Å². The molecule has 0 aliphatic heterocycles. The predicted molar refractivity (Wildman–Crippen MR) is 107 cm³/mol. The molecule has 2 aromatic carbocycles. The molecule has 1 aromatic heterocycles. The van der Waals surface area contributed by atoms with Crippen LogP contribution >= 0.6 is 12.4 Å². The van der Waals surface area contributed by atoms with Crippen LogP contribution in [0.15, 0.2) is 42.7 Å². The number of anilines is 2. The van der Waals surface area contributed by atoms with Gasteiger partial charge in [0, 0.05) is 24.1 Å². The molecule has 0 aliphatic carbocycles. The first-order valence-electron chi connectivity index (χ1n) is 8.13. The van der Waals surface area contributed by atoms with Crippen molar-refractivity contribution in [2.75, 3.05) is 12.4 Å². The van der Waals surface area contributed by atoms with Crippen LogP contribution in [0.2, 0.25) is 0 Å². The van der Waals surface area contributed by atoms with Gasteiger partial charge in [0.2, 0.25) is 5.91 Å². The van der Waals surface area contributed by atoms with Crippen LogP contribution in [0.25, 0.3) is 10.9 Å². The molecule has 0 spiro atoms. The predicted octanol–water partition coefficient (Wildman–Crippen LogP) is 3.71. The number of hydrogen-bond acceptors (Lipinski definition) is 6. The molecule has 3 aromatic rings. The monoisotopic (exact) mass is 388 g/mol. The summed E-state index contributed by atoms with van der Waals surface area (Å²) in [5, 5.41) is 16.8. The molecule has 0 bridgehead atoms. The summed E-state index contributed by atoms with van der Waals surface area (Å²) in [7, 11) is 1.49. The van der Waals surface area contributed by atoms with Gasteiger partial charge in [-0.3, -0.25) is 4.79 Å². The van der Waals surface area contributed by atoms with E-state index in [1.807, 2.05) is 31.2 Å². The van der Waals surface area contributed by atoms with Crippen molar-refractivity contribution in [1.29, 1.82) is 0 Å². The molecule has 0 saturated carbocycles. The van der Waals surface area contributed by atoms with Gasteiger partial charge >= 0.3 is 0 Å². The summed E-state index contributed by atoms with van der Waals surface area (Å²) in [5.74, 6) is 0.897. The maximum atomic E-state index is 11.2. The van der Waals surface area contributed by atoms with Gasteiger partial charge in [-0.1, -0.05) is 12.1 Å². The zero-order valence-electron chi connectivity index (χ0n) is 15.2. The van der Waals surface area contributed by atoms with Gasteiger partial charge in [-0.15, -0.1) is 12.4 Å². The number of rotatable bonds is 5. The van der Waals surface area contributed by atoms with Crippen molar-refractivity contribution < 1.29 is 14.6 Å². The maximum Gasteiger partial charge on any atom is 0.217 e. The standard InChI is InChI=1S/C19H20N4O3.ClH/c1-11(22-12(2)24)13-4-6-14(7-5-13)23-19-15-8-17(25)18(26-3)9-16(15)20-10-21-19;/h4-11,25H,1-3H3,(H,22,24)(H,20,21,23);1H. The highest BCUT2D eigenvalue weighted by Crippen LogP contribution is 2.33. The molecule has 27 heavy (non-hydrogen) atoms. The van der Waals surface area contributed by atoms with E-state index >= 15 is 0 Å². The maximum absolute atomic E-state index is 11.2. The Kier molecular flexibility index (Phi) is 6.41. The van der Waals surface area contributed by atoms with Crippen LogP contribution in [0.4, 0.5) is 11.5 Å². The van der Waals surface area contributed by atoms with Gasteiger partial charge in [-0.25, -0.2) is 9.97 Å². The first-order chi connectivity index (χ1) is 12.5. The third-order valence-electron chi connectivity index (χ3n) is 4.03. The first-order valence-corrected chi connectivity index (χ1v) is 8.13. The number of nitrogens with zero attached hydrogens (tertiary/aromatic N) is 2. The highest BCUT2D eigenvalue weighted by atomic mass is 35.5. The van der Waals surface area contributed by atoms with E-state index in [1.165, 1.54) is 20.4 Å². The third kappa shape index (κ3) is 4.57. The third-order valence-corrected chi connectivity index (χ3v) is 4.03. The van der Waals surface area contributed by atoms with Gasteiger partial charge in [0.1, 0.15) is 12.1 Å². The largest absolute Gasteiger partial charge is 0.504 e. The lowest BCUT2D eigenvalue weighted by Gasteiger charge is -2.14. The van der Waals surface area contributed by atoms with Crippen LogP contribution in [0, 0.1) is 0 Å². The molecule has 3 N–H and O–H groups in total. The average Bonchev–Trinajstić information content (AvgIpc) is 2.62. The van der Waals surface area contributed by atoms with Crippen molar-refractivity contribution in [3.63, 3.8) is 0 Å². The number of methoxy groups -OCH3 is 1. The second-order valence-corrected chi connectivity index (χ2v) is 5.93. The van der Waals surface area contributed by atoms with Crippen molar-refractivity contribution >= 4 is 40.7 Å². The smallest absolute Gasteiger partial charge is 0.217 e. The second-order valence-electron chi connectivity index (χ2n) is 5.93. The van der Waals surface area contributed by atoms with Crippen molar-refractivity contribution in [1.82, 2.24) is 15.3 Å². The molecule has 1 atom stereocenters. The number of phenolic OH excluding ortho intramolecular Hbond substituents is 1. The van der Waals surface area contributed by atoms with Gasteiger partial charge in [0.05, 0.1) is 18.7 Å². The fourth-order valence-electron chi connectivity index (χ4n) is 2.72. The van der Waals surface area contributed by atoms with Gasteiger partial charge in [-0.2, -0.15) is 0 Å². The van der Waals surface area contributed by atoms with Crippen LogP contribution < -0.4 is 15.4 Å². The minimum Gasteiger partial charge on any atom is -0.504 e. The lowest BCUT2D eigenvalue weighted by atomic mass is 10.1. The number of aromatic hydroxyl groups is 1. The molecule has 0 saturated heterocycles. The number of halogens is 1. The molecule has 8 heteroatoms. The lowest BCUT2D eigenvalue weighted by Crippen LogP contribution is -2.23. The number of hydrogen-bond donors (Lipinski definition) is 3. The topological polar surface area (TPSA) is 96.4 Å². The van der Waals surface area contributed by atoms with Crippen molar-refractivity contribution in [3.8, 4) is 11.5 Å². The molecule has 7 nitrogen and oxygen atoms in total. The number of carbonyl (C=O) groups excluding carboxylic acids is 1. The molecular weight excluding hydrogens is 368 g/mol. The molecule has 0 aliphatic rings. The van der Waals surface area contributed by atoms with Gasteiger partial charge in [-0.05, 0) is 30.7 Å². The van der Waals surface area contributed by atoms with Crippen molar-refractivity contribution in [2.24, 2.45) is 0 Å². The summed E-state index contributed by atoms with van der Waals surface area (Å²) < 4.78 is 5.11. The number of ether oxygens (including phenoxy) is 1. The first kappa shape index (κ1) is 20.3. The highest BCUT2D eigenvalue weighted by Gasteiger charge is 2.11. The Labute approximate surface area is 163 Å². The second kappa shape index (κ2) is 8.55. The number of amides is 1. The van der Waals surface area contributed by atoms with E-state index in [1.54, 1.807) is 12.1 Å². The fourth-order valence-corrected chi connectivity index (χ4v) is 2.72. The summed E-state index contributed by atoms with van der Waals surface area (Å²) in [6.45, 7) is 3.43.